The number of hydrogen-bond donors (Lipinski definition) is 1. The smallest absolute Gasteiger partial charge is 0.107 e. The summed E-state index contributed by atoms with van der Waals surface area (Å²) in [6.45, 7) is 3.09. The Balaban J connectivity index is 1.90. The van der Waals surface area contributed by atoms with Crippen LogP contribution in [-0.2, 0) is 6.54 Å². The molecule has 0 radical (unpaired) electrons. The standard InChI is InChI=1S/C14H20N2S/c1-2-12-5-7-14(11-15,8-6-12)16-10-13-4-3-9-17-13/h3-4,9,12,16H,2,5-8,10H2,1H3. The lowest BCUT2D eigenvalue weighted by molar-refractivity contribution is 0.233. The molecule has 1 heterocycles. The van der Waals surface area contributed by atoms with Gasteiger partial charge in [0.15, 0.2) is 0 Å². The molecule has 0 spiro atoms. The van der Waals surface area contributed by atoms with Gasteiger partial charge in [-0.25, -0.2) is 0 Å². The monoisotopic (exact) mass is 248 g/mol. The maximum Gasteiger partial charge on any atom is 0.107 e. The van der Waals surface area contributed by atoms with Crippen molar-refractivity contribution in [1.29, 1.82) is 5.26 Å². The molecular weight excluding hydrogens is 228 g/mol. The van der Waals surface area contributed by atoms with Crippen molar-refractivity contribution in [3.05, 3.63) is 22.4 Å². The molecule has 1 aliphatic rings. The fraction of sp³-hybridized carbons (Fsp3) is 0.643. The van der Waals surface area contributed by atoms with Crippen LogP contribution in [0.4, 0.5) is 0 Å². The average Bonchev–Trinajstić information content (AvgIpc) is 2.90. The maximum absolute atomic E-state index is 9.42. The van der Waals surface area contributed by atoms with Gasteiger partial charge in [0, 0.05) is 11.4 Å². The van der Waals surface area contributed by atoms with Crippen LogP contribution in [0.1, 0.15) is 43.9 Å². The molecule has 1 N–H and O–H groups in total. The van der Waals surface area contributed by atoms with Gasteiger partial charge in [0.1, 0.15) is 5.54 Å². The van der Waals surface area contributed by atoms with Gasteiger partial charge in [0.05, 0.1) is 6.07 Å². The predicted octanol–water partition coefficient (Wildman–Crippen LogP) is 3.70. The molecule has 1 aliphatic carbocycles. The Hall–Kier alpha value is -0.850. The summed E-state index contributed by atoms with van der Waals surface area (Å²) in [5, 5.41) is 15.0. The Morgan fingerprint density at radius 1 is 1.53 bits per heavy atom. The van der Waals surface area contributed by atoms with Crippen molar-refractivity contribution in [2.75, 3.05) is 0 Å². The number of thiophene rings is 1. The zero-order chi connectivity index (χ0) is 12.1. The van der Waals surface area contributed by atoms with Gasteiger partial charge in [-0.3, -0.25) is 5.32 Å². The van der Waals surface area contributed by atoms with E-state index in [2.05, 4.69) is 35.8 Å². The summed E-state index contributed by atoms with van der Waals surface area (Å²) in [5.41, 5.74) is -0.268. The Bertz CT molecular complexity index is 369. The van der Waals surface area contributed by atoms with Gasteiger partial charge in [-0.05, 0) is 43.0 Å². The van der Waals surface area contributed by atoms with E-state index in [1.54, 1.807) is 11.3 Å². The molecule has 0 aromatic carbocycles. The second-order valence-electron chi connectivity index (χ2n) is 4.98. The Morgan fingerprint density at radius 3 is 2.82 bits per heavy atom. The molecule has 3 heteroatoms. The maximum atomic E-state index is 9.42. The van der Waals surface area contributed by atoms with E-state index in [0.29, 0.717) is 0 Å². The van der Waals surface area contributed by atoms with Crippen LogP contribution in [0, 0.1) is 17.2 Å². The van der Waals surface area contributed by atoms with E-state index >= 15 is 0 Å². The van der Waals surface area contributed by atoms with E-state index in [1.165, 1.54) is 24.1 Å². The van der Waals surface area contributed by atoms with Crippen LogP contribution in [0.15, 0.2) is 17.5 Å². The summed E-state index contributed by atoms with van der Waals surface area (Å²) in [7, 11) is 0. The SMILES string of the molecule is CCC1CCC(C#N)(NCc2cccs2)CC1. The molecule has 0 atom stereocenters. The van der Waals surface area contributed by atoms with Crippen molar-refractivity contribution >= 4 is 11.3 Å². The van der Waals surface area contributed by atoms with Gasteiger partial charge in [-0.2, -0.15) is 5.26 Å². The van der Waals surface area contributed by atoms with Crippen molar-refractivity contribution < 1.29 is 0 Å². The summed E-state index contributed by atoms with van der Waals surface area (Å²) < 4.78 is 0. The summed E-state index contributed by atoms with van der Waals surface area (Å²) in [6, 6.07) is 6.71. The lowest BCUT2D eigenvalue weighted by Crippen LogP contribution is -2.46. The third-order valence-electron chi connectivity index (χ3n) is 3.93. The second kappa shape index (κ2) is 5.66. The third-order valence-corrected chi connectivity index (χ3v) is 4.81. The van der Waals surface area contributed by atoms with Crippen molar-refractivity contribution in [3.63, 3.8) is 0 Å². The third kappa shape index (κ3) is 3.08. The van der Waals surface area contributed by atoms with Crippen LogP contribution in [0.2, 0.25) is 0 Å². The number of nitrogens with zero attached hydrogens (tertiary/aromatic N) is 1. The molecule has 0 unspecified atom stereocenters. The predicted molar refractivity (Wildman–Crippen MR) is 71.8 cm³/mol. The number of nitriles is 1. The van der Waals surface area contributed by atoms with Crippen molar-refractivity contribution in [1.82, 2.24) is 5.32 Å². The fourth-order valence-electron chi connectivity index (χ4n) is 2.58. The molecule has 1 aromatic rings. The first-order chi connectivity index (χ1) is 8.28. The molecule has 0 bridgehead atoms. The van der Waals surface area contributed by atoms with Gasteiger partial charge in [-0.15, -0.1) is 11.3 Å². The molecule has 1 fully saturated rings. The highest BCUT2D eigenvalue weighted by molar-refractivity contribution is 7.09. The molecule has 92 valence electrons. The van der Waals surface area contributed by atoms with Crippen molar-refractivity contribution in [2.24, 2.45) is 5.92 Å². The Labute approximate surface area is 108 Å². The zero-order valence-electron chi connectivity index (χ0n) is 10.4. The first-order valence-corrected chi connectivity index (χ1v) is 7.34. The van der Waals surface area contributed by atoms with E-state index in [1.807, 2.05) is 0 Å². The molecule has 17 heavy (non-hydrogen) atoms. The fourth-order valence-corrected chi connectivity index (χ4v) is 3.22. The van der Waals surface area contributed by atoms with Crippen LogP contribution in [0.3, 0.4) is 0 Å². The Kier molecular flexibility index (Phi) is 4.20. The van der Waals surface area contributed by atoms with Crippen LogP contribution < -0.4 is 5.32 Å². The number of hydrogen-bond acceptors (Lipinski definition) is 3. The molecule has 1 saturated carbocycles. The molecule has 0 amide bonds. The van der Waals surface area contributed by atoms with Gasteiger partial charge >= 0.3 is 0 Å². The molecule has 2 nitrogen and oxygen atoms in total. The molecular formula is C14H20N2S. The summed E-state index contributed by atoms with van der Waals surface area (Å²) in [4.78, 5) is 1.32. The van der Waals surface area contributed by atoms with Gasteiger partial charge in [0.25, 0.3) is 0 Å². The normalized spacial score (nSPS) is 28.8. The minimum atomic E-state index is -0.268. The molecule has 0 saturated heterocycles. The van der Waals surface area contributed by atoms with Gasteiger partial charge < -0.3 is 0 Å². The summed E-state index contributed by atoms with van der Waals surface area (Å²) >= 11 is 1.75. The first kappa shape index (κ1) is 12.6. The highest BCUT2D eigenvalue weighted by Crippen LogP contribution is 2.33. The lowest BCUT2D eigenvalue weighted by Gasteiger charge is -2.35. The van der Waals surface area contributed by atoms with E-state index in [9.17, 15) is 5.26 Å². The molecule has 0 aliphatic heterocycles. The van der Waals surface area contributed by atoms with Crippen LogP contribution in [-0.4, -0.2) is 5.54 Å². The van der Waals surface area contributed by atoms with Crippen molar-refractivity contribution in [2.45, 2.75) is 51.1 Å². The summed E-state index contributed by atoms with van der Waals surface area (Å²) in [6.07, 6.45) is 5.66. The first-order valence-electron chi connectivity index (χ1n) is 6.46. The minimum absolute atomic E-state index is 0.268. The zero-order valence-corrected chi connectivity index (χ0v) is 11.2. The lowest BCUT2D eigenvalue weighted by atomic mass is 9.76. The largest absolute Gasteiger partial charge is 0.294 e. The highest BCUT2D eigenvalue weighted by atomic mass is 32.1. The highest BCUT2D eigenvalue weighted by Gasteiger charge is 2.34. The van der Waals surface area contributed by atoms with Gasteiger partial charge in [0.2, 0.25) is 0 Å². The molecule has 1 aromatic heterocycles. The van der Waals surface area contributed by atoms with Crippen molar-refractivity contribution in [3.8, 4) is 6.07 Å². The molecule has 2 rings (SSSR count). The number of nitrogens with one attached hydrogen (secondary N) is 1. The van der Waals surface area contributed by atoms with Gasteiger partial charge in [-0.1, -0.05) is 19.4 Å². The van der Waals surface area contributed by atoms with E-state index < -0.39 is 0 Å². The topological polar surface area (TPSA) is 35.8 Å². The summed E-state index contributed by atoms with van der Waals surface area (Å²) in [5.74, 6) is 0.833. The average molecular weight is 248 g/mol. The van der Waals surface area contributed by atoms with E-state index in [4.69, 9.17) is 0 Å². The quantitative estimate of drug-likeness (QED) is 0.882. The van der Waals surface area contributed by atoms with E-state index in [0.717, 1.165) is 25.3 Å². The minimum Gasteiger partial charge on any atom is -0.294 e. The van der Waals surface area contributed by atoms with Crippen LogP contribution in [0.5, 0.6) is 0 Å². The Morgan fingerprint density at radius 2 is 2.29 bits per heavy atom. The van der Waals surface area contributed by atoms with Crippen LogP contribution >= 0.6 is 11.3 Å². The van der Waals surface area contributed by atoms with E-state index in [-0.39, 0.29) is 5.54 Å². The van der Waals surface area contributed by atoms with Crippen LogP contribution in [0.25, 0.3) is 0 Å². The number of rotatable bonds is 4. The second-order valence-corrected chi connectivity index (χ2v) is 6.01.